The van der Waals surface area contributed by atoms with Crippen molar-refractivity contribution in [3.63, 3.8) is 0 Å². The van der Waals surface area contributed by atoms with E-state index in [0.29, 0.717) is 10.8 Å². The lowest BCUT2D eigenvalue weighted by atomic mass is 10.3. The Morgan fingerprint density at radius 1 is 1.19 bits per heavy atom. The molecule has 0 aliphatic rings. The predicted molar refractivity (Wildman–Crippen MR) is 87.6 cm³/mol. The van der Waals surface area contributed by atoms with Gasteiger partial charge >= 0.3 is 0 Å². The number of nitrogens with two attached hydrogens (primary N) is 1. The zero-order chi connectivity index (χ0) is 15.5. The van der Waals surface area contributed by atoms with Crippen LogP contribution in [0.2, 0.25) is 5.02 Å². The molecule has 0 atom stereocenters. The van der Waals surface area contributed by atoms with E-state index in [9.17, 15) is 8.42 Å². The van der Waals surface area contributed by atoms with Crippen LogP contribution in [0.1, 0.15) is 0 Å². The monoisotopic (exact) mass is 389 g/mol. The van der Waals surface area contributed by atoms with Crippen LogP contribution in [-0.4, -0.2) is 20.8 Å². The van der Waals surface area contributed by atoms with Crippen LogP contribution < -0.4 is 10.5 Å². The second-order valence-corrected chi connectivity index (χ2v) is 7.74. The third-order valence-corrected chi connectivity index (χ3v) is 5.20. The van der Waals surface area contributed by atoms with Gasteiger partial charge in [-0.2, -0.15) is 0 Å². The van der Waals surface area contributed by atoms with E-state index in [1.165, 1.54) is 18.2 Å². The van der Waals surface area contributed by atoms with Crippen LogP contribution in [-0.2, 0) is 9.84 Å². The van der Waals surface area contributed by atoms with Crippen molar-refractivity contribution in [1.29, 1.82) is 0 Å². The lowest BCUT2D eigenvalue weighted by Crippen LogP contribution is -2.15. The van der Waals surface area contributed by atoms with Gasteiger partial charge in [-0.05, 0) is 36.4 Å². The topological polar surface area (TPSA) is 69.4 Å². The van der Waals surface area contributed by atoms with Gasteiger partial charge in [-0.25, -0.2) is 8.42 Å². The fourth-order valence-electron chi connectivity index (χ4n) is 1.74. The minimum absolute atomic E-state index is 0.0425. The van der Waals surface area contributed by atoms with Crippen molar-refractivity contribution >= 4 is 43.1 Å². The molecule has 4 nitrogen and oxygen atoms in total. The molecule has 0 aromatic heterocycles. The SMILES string of the molecule is Nc1cc(Cl)ccc1S(=O)(=O)CCOc1cccc(Br)c1. The average molecular weight is 391 g/mol. The van der Waals surface area contributed by atoms with Gasteiger partial charge in [-0.15, -0.1) is 0 Å². The van der Waals surface area contributed by atoms with E-state index in [1.807, 2.05) is 12.1 Å². The molecule has 0 aliphatic heterocycles. The van der Waals surface area contributed by atoms with E-state index >= 15 is 0 Å². The molecule has 2 N–H and O–H groups in total. The Kier molecular flexibility index (Phi) is 5.13. The molecule has 0 amide bonds. The number of ether oxygens (including phenoxy) is 1. The maximum absolute atomic E-state index is 12.2. The lowest BCUT2D eigenvalue weighted by Gasteiger charge is -2.09. The summed E-state index contributed by atoms with van der Waals surface area (Å²) in [6, 6.07) is 11.5. The maximum atomic E-state index is 12.2. The zero-order valence-electron chi connectivity index (χ0n) is 10.9. The van der Waals surface area contributed by atoms with Crippen LogP contribution in [0.3, 0.4) is 0 Å². The molecule has 0 radical (unpaired) electrons. The smallest absolute Gasteiger partial charge is 0.183 e. The van der Waals surface area contributed by atoms with Gasteiger partial charge in [-0.3, -0.25) is 0 Å². The Morgan fingerprint density at radius 2 is 1.95 bits per heavy atom. The number of hydrogen-bond acceptors (Lipinski definition) is 4. The molecule has 0 fully saturated rings. The molecule has 2 aromatic rings. The number of nitrogen functional groups attached to an aromatic ring is 1. The fraction of sp³-hybridized carbons (Fsp3) is 0.143. The Morgan fingerprint density at radius 3 is 2.62 bits per heavy atom. The van der Waals surface area contributed by atoms with E-state index < -0.39 is 9.84 Å². The molecule has 0 saturated carbocycles. The summed E-state index contributed by atoms with van der Waals surface area (Å²) >= 11 is 9.08. The first-order valence-electron chi connectivity index (χ1n) is 6.04. The minimum atomic E-state index is -3.51. The summed E-state index contributed by atoms with van der Waals surface area (Å²) in [4.78, 5) is 0.0738. The largest absolute Gasteiger partial charge is 0.492 e. The third kappa shape index (κ3) is 4.36. The molecular formula is C14H13BrClNO3S. The van der Waals surface area contributed by atoms with Crippen LogP contribution in [0, 0.1) is 0 Å². The average Bonchev–Trinajstić information content (AvgIpc) is 2.38. The van der Waals surface area contributed by atoms with Gasteiger partial charge < -0.3 is 10.5 Å². The highest BCUT2D eigenvalue weighted by Gasteiger charge is 2.18. The summed E-state index contributed by atoms with van der Waals surface area (Å²) in [7, 11) is -3.51. The van der Waals surface area contributed by atoms with Gasteiger partial charge in [0.05, 0.1) is 16.3 Å². The fourth-order valence-corrected chi connectivity index (χ4v) is 3.51. The predicted octanol–water partition coefficient (Wildman–Crippen LogP) is 3.54. The highest BCUT2D eigenvalue weighted by atomic mass is 79.9. The van der Waals surface area contributed by atoms with Crippen LogP contribution >= 0.6 is 27.5 Å². The summed E-state index contributed by atoms with van der Waals surface area (Å²) in [5.41, 5.74) is 5.84. The molecular weight excluding hydrogens is 378 g/mol. The van der Waals surface area contributed by atoms with Crippen molar-refractivity contribution < 1.29 is 13.2 Å². The Balaban J connectivity index is 2.05. The summed E-state index contributed by atoms with van der Waals surface area (Å²) in [6.07, 6.45) is 0. The minimum Gasteiger partial charge on any atom is -0.492 e. The van der Waals surface area contributed by atoms with Crippen molar-refractivity contribution in [1.82, 2.24) is 0 Å². The van der Waals surface area contributed by atoms with Crippen LogP contribution in [0.25, 0.3) is 0 Å². The Bertz CT molecular complexity index is 750. The van der Waals surface area contributed by atoms with Gasteiger partial charge in [0, 0.05) is 9.50 Å². The van der Waals surface area contributed by atoms with Crippen molar-refractivity contribution in [3.05, 3.63) is 52.0 Å². The number of rotatable bonds is 5. The van der Waals surface area contributed by atoms with E-state index in [-0.39, 0.29) is 22.9 Å². The second kappa shape index (κ2) is 6.68. The molecule has 0 bridgehead atoms. The quantitative estimate of drug-likeness (QED) is 0.793. The van der Waals surface area contributed by atoms with Gasteiger partial charge in [0.15, 0.2) is 9.84 Å². The number of anilines is 1. The number of benzene rings is 2. The van der Waals surface area contributed by atoms with Gasteiger partial charge in [-0.1, -0.05) is 33.6 Å². The van der Waals surface area contributed by atoms with Crippen LogP contribution in [0.15, 0.2) is 51.8 Å². The molecule has 7 heteroatoms. The second-order valence-electron chi connectivity index (χ2n) is 4.31. The summed E-state index contributed by atoms with van der Waals surface area (Å²) < 4.78 is 30.7. The first kappa shape index (κ1) is 16.1. The molecule has 0 unspecified atom stereocenters. The molecule has 112 valence electrons. The van der Waals surface area contributed by atoms with Crippen LogP contribution in [0.4, 0.5) is 5.69 Å². The van der Waals surface area contributed by atoms with E-state index in [1.54, 1.807) is 12.1 Å². The zero-order valence-corrected chi connectivity index (χ0v) is 14.1. The lowest BCUT2D eigenvalue weighted by molar-refractivity contribution is 0.340. The van der Waals surface area contributed by atoms with E-state index in [4.69, 9.17) is 22.1 Å². The third-order valence-electron chi connectivity index (χ3n) is 2.72. The number of halogens is 2. The number of hydrogen-bond donors (Lipinski definition) is 1. The van der Waals surface area contributed by atoms with Gasteiger partial charge in [0.2, 0.25) is 0 Å². The molecule has 21 heavy (non-hydrogen) atoms. The summed E-state index contributed by atoms with van der Waals surface area (Å²) in [5, 5.41) is 0.400. The molecule has 0 saturated heterocycles. The summed E-state index contributed by atoms with van der Waals surface area (Å²) in [5.74, 6) is 0.439. The molecule has 0 spiro atoms. The van der Waals surface area contributed by atoms with E-state index in [0.717, 1.165) is 4.47 Å². The van der Waals surface area contributed by atoms with Gasteiger partial charge in [0.25, 0.3) is 0 Å². The maximum Gasteiger partial charge on any atom is 0.183 e. The normalized spacial score (nSPS) is 11.3. The number of sulfone groups is 1. The van der Waals surface area contributed by atoms with E-state index in [2.05, 4.69) is 15.9 Å². The molecule has 2 aromatic carbocycles. The van der Waals surface area contributed by atoms with Crippen molar-refractivity contribution in [3.8, 4) is 5.75 Å². The summed E-state index contributed by atoms with van der Waals surface area (Å²) in [6.45, 7) is 0.0425. The molecule has 0 heterocycles. The molecule has 0 aliphatic carbocycles. The van der Waals surface area contributed by atoms with Crippen molar-refractivity contribution in [2.45, 2.75) is 4.90 Å². The van der Waals surface area contributed by atoms with Crippen LogP contribution in [0.5, 0.6) is 5.75 Å². The van der Waals surface area contributed by atoms with Crippen molar-refractivity contribution in [2.24, 2.45) is 0 Å². The highest BCUT2D eigenvalue weighted by molar-refractivity contribution is 9.10. The standard InChI is InChI=1S/C14H13BrClNO3S/c15-10-2-1-3-12(8-10)20-6-7-21(18,19)14-5-4-11(16)9-13(14)17/h1-5,8-9H,6-7,17H2. The highest BCUT2D eigenvalue weighted by Crippen LogP contribution is 2.24. The Labute approximate surface area is 136 Å². The Hall–Kier alpha value is -1.24. The first-order chi connectivity index (χ1) is 9.88. The molecule has 2 rings (SSSR count). The first-order valence-corrected chi connectivity index (χ1v) is 8.87. The van der Waals surface area contributed by atoms with Gasteiger partial charge in [0.1, 0.15) is 12.4 Å². The van der Waals surface area contributed by atoms with Crippen molar-refractivity contribution in [2.75, 3.05) is 18.1 Å².